The molecule has 0 bridgehead atoms. The van der Waals surface area contributed by atoms with Crippen LogP contribution in [0.25, 0.3) is 11.0 Å². The zero-order valence-electron chi connectivity index (χ0n) is 23.9. The van der Waals surface area contributed by atoms with Crippen LogP contribution >= 0.6 is 11.6 Å². The van der Waals surface area contributed by atoms with Crippen molar-refractivity contribution >= 4 is 28.6 Å². The molecule has 2 atom stereocenters. The minimum absolute atomic E-state index is 0.102. The minimum Gasteiger partial charge on any atom is -0.478 e. The lowest BCUT2D eigenvalue weighted by molar-refractivity contribution is -0.0712. The second-order valence-corrected chi connectivity index (χ2v) is 12.2. The number of aromatic nitrogens is 2. The van der Waals surface area contributed by atoms with Crippen LogP contribution in [-0.4, -0.2) is 51.3 Å². The number of para-hydroxylation sites is 1. The van der Waals surface area contributed by atoms with Gasteiger partial charge in [-0.05, 0) is 87.2 Å². The first-order valence-electron chi connectivity index (χ1n) is 14.8. The summed E-state index contributed by atoms with van der Waals surface area (Å²) >= 11 is 5.97. The van der Waals surface area contributed by atoms with E-state index in [2.05, 4.69) is 15.5 Å². The van der Waals surface area contributed by atoms with Crippen LogP contribution in [0.4, 0.5) is 4.39 Å². The third kappa shape index (κ3) is 5.34. The number of likely N-dealkylation sites (tertiary alicyclic amines) is 1. The van der Waals surface area contributed by atoms with Gasteiger partial charge in [0.2, 0.25) is 0 Å². The summed E-state index contributed by atoms with van der Waals surface area (Å²) in [4.78, 5) is 19.0. The van der Waals surface area contributed by atoms with E-state index in [9.17, 15) is 14.3 Å². The van der Waals surface area contributed by atoms with Crippen LogP contribution in [0.1, 0.15) is 65.8 Å². The Bertz CT molecular complexity index is 1700. The topological polar surface area (TPSA) is 86.1 Å². The average Bonchev–Trinajstić information content (AvgIpc) is 3.71. The van der Waals surface area contributed by atoms with Gasteiger partial charge in [-0.3, -0.25) is 4.90 Å². The quantitative estimate of drug-likeness (QED) is 0.250. The highest BCUT2D eigenvalue weighted by Crippen LogP contribution is 2.50. The van der Waals surface area contributed by atoms with Gasteiger partial charge in [-0.15, -0.1) is 0 Å². The van der Waals surface area contributed by atoms with Crippen molar-refractivity contribution in [3.63, 3.8) is 0 Å². The molecular weight excluding hydrogens is 573 g/mol. The summed E-state index contributed by atoms with van der Waals surface area (Å²) in [6.07, 6.45) is 3.96. The molecule has 3 aromatic carbocycles. The number of carboxylic acids is 1. The lowest BCUT2D eigenvalue weighted by Crippen LogP contribution is -2.34. The van der Waals surface area contributed by atoms with Crippen molar-refractivity contribution in [3.05, 3.63) is 88.0 Å². The summed E-state index contributed by atoms with van der Waals surface area (Å²) in [5, 5.41) is 9.89. The number of fused-ring (bicyclic) bond motifs is 2. The summed E-state index contributed by atoms with van der Waals surface area (Å²) in [6.45, 7) is 5.53. The van der Waals surface area contributed by atoms with E-state index in [1.54, 1.807) is 37.3 Å². The number of hydrogen-bond donors (Lipinski definition) is 1. The van der Waals surface area contributed by atoms with Gasteiger partial charge in [-0.1, -0.05) is 23.7 Å². The molecule has 3 aliphatic heterocycles. The van der Waals surface area contributed by atoms with E-state index in [1.165, 1.54) is 6.07 Å². The van der Waals surface area contributed by atoms with Crippen molar-refractivity contribution in [2.75, 3.05) is 19.7 Å². The van der Waals surface area contributed by atoms with Crippen molar-refractivity contribution in [1.82, 2.24) is 14.5 Å². The number of halogens is 2. The number of piperidine rings is 1. The molecule has 8 nitrogen and oxygen atoms in total. The van der Waals surface area contributed by atoms with Gasteiger partial charge >= 0.3 is 5.97 Å². The summed E-state index contributed by atoms with van der Waals surface area (Å²) in [5.74, 6) is -0.235. The van der Waals surface area contributed by atoms with E-state index in [0.717, 1.165) is 67.8 Å². The smallest absolute Gasteiger partial charge is 0.335 e. The maximum absolute atomic E-state index is 14.8. The standard InChI is InChI=1S/C33H33ClFN3O5/c1-33(25-9-8-22(34)17-26(25)35)42-29-6-2-5-24(31(29)43-33)20-11-13-37(14-12-20)19-30-36-27-10-7-21(32(39)40)16-28(27)38(30)18-23-4-3-15-41-23/h2,5-10,16-17,20,23H,3-4,11-15,18-19H2,1H3,(H,39,40). The van der Waals surface area contributed by atoms with Gasteiger partial charge in [0.25, 0.3) is 5.79 Å². The van der Waals surface area contributed by atoms with Crippen molar-refractivity contribution in [2.24, 2.45) is 0 Å². The molecule has 4 aromatic rings. The van der Waals surface area contributed by atoms with Crippen molar-refractivity contribution < 1.29 is 28.5 Å². The van der Waals surface area contributed by atoms with Gasteiger partial charge in [-0.2, -0.15) is 0 Å². The molecular formula is C33H33ClFN3O5. The fourth-order valence-corrected chi connectivity index (χ4v) is 6.82. The Morgan fingerprint density at radius 2 is 1.95 bits per heavy atom. The van der Waals surface area contributed by atoms with Crippen LogP contribution in [0.15, 0.2) is 54.6 Å². The average molecular weight is 606 g/mol. The lowest BCUT2D eigenvalue weighted by atomic mass is 9.88. The molecule has 2 unspecified atom stereocenters. The van der Waals surface area contributed by atoms with Gasteiger partial charge in [0.05, 0.1) is 41.4 Å². The highest BCUT2D eigenvalue weighted by molar-refractivity contribution is 6.30. The Labute approximate surface area is 253 Å². The number of hydrogen-bond acceptors (Lipinski definition) is 6. The number of carbonyl (C=O) groups is 1. The molecule has 3 aliphatic rings. The Balaban J connectivity index is 1.08. The molecule has 0 aliphatic carbocycles. The number of rotatable bonds is 7. The second-order valence-electron chi connectivity index (χ2n) is 11.8. The third-order valence-corrected chi connectivity index (χ3v) is 9.14. The zero-order valence-corrected chi connectivity index (χ0v) is 24.6. The molecule has 0 amide bonds. The first-order valence-corrected chi connectivity index (χ1v) is 15.2. The van der Waals surface area contributed by atoms with E-state index in [1.807, 2.05) is 12.1 Å². The lowest BCUT2D eigenvalue weighted by Gasteiger charge is -2.32. The Kier molecular flexibility index (Phi) is 7.27. The summed E-state index contributed by atoms with van der Waals surface area (Å²) in [7, 11) is 0. The van der Waals surface area contributed by atoms with Crippen LogP contribution in [0.3, 0.4) is 0 Å². The second kappa shape index (κ2) is 11.1. The molecule has 1 N–H and O–H groups in total. The molecule has 43 heavy (non-hydrogen) atoms. The molecule has 10 heteroatoms. The predicted octanol–water partition coefficient (Wildman–Crippen LogP) is 6.73. The first kappa shape index (κ1) is 28.1. The Morgan fingerprint density at radius 1 is 1.12 bits per heavy atom. The van der Waals surface area contributed by atoms with Crippen LogP contribution in [0, 0.1) is 5.82 Å². The van der Waals surface area contributed by atoms with E-state index in [0.29, 0.717) is 35.2 Å². The SMILES string of the molecule is CC1(c2ccc(Cl)cc2F)Oc2cccc(C3CCN(Cc4nc5ccc(C(=O)O)cc5n4CC4CCCO4)CC3)c2O1. The van der Waals surface area contributed by atoms with Gasteiger partial charge < -0.3 is 23.9 Å². The number of imidazole rings is 1. The van der Waals surface area contributed by atoms with Crippen LogP contribution in [0.5, 0.6) is 11.5 Å². The summed E-state index contributed by atoms with van der Waals surface area (Å²) in [5.41, 5.74) is 3.25. The molecule has 224 valence electrons. The Morgan fingerprint density at radius 3 is 2.70 bits per heavy atom. The number of nitrogens with zero attached hydrogens (tertiary/aromatic N) is 3. The van der Waals surface area contributed by atoms with Crippen LogP contribution < -0.4 is 9.47 Å². The van der Waals surface area contributed by atoms with Gasteiger partial charge in [0, 0.05) is 24.1 Å². The largest absolute Gasteiger partial charge is 0.478 e. The normalized spacial score (nSPS) is 22.4. The van der Waals surface area contributed by atoms with Gasteiger partial charge in [0.1, 0.15) is 11.6 Å². The third-order valence-electron chi connectivity index (χ3n) is 8.91. The highest BCUT2D eigenvalue weighted by Gasteiger charge is 2.43. The Hall–Kier alpha value is -3.66. The molecule has 1 aromatic heterocycles. The molecule has 2 fully saturated rings. The van der Waals surface area contributed by atoms with Crippen LogP contribution in [0.2, 0.25) is 5.02 Å². The number of aromatic carboxylic acids is 1. The van der Waals surface area contributed by atoms with E-state index in [-0.39, 0.29) is 17.6 Å². The summed E-state index contributed by atoms with van der Waals surface area (Å²) < 4.78 is 35.4. The fourth-order valence-electron chi connectivity index (χ4n) is 6.66. The maximum atomic E-state index is 14.8. The number of carboxylic acid groups (broad SMARTS) is 1. The molecule has 0 spiro atoms. The fraction of sp³-hybridized carbons (Fsp3) is 0.394. The van der Waals surface area contributed by atoms with Crippen molar-refractivity contribution in [2.45, 2.75) is 63.5 Å². The zero-order chi connectivity index (χ0) is 29.7. The molecule has 0 radical (unpaired) electrons. The van der Waals surface area contributed by atoms with Crippen molar-refractivity contribution in [3.8, 4) is 11.5 Å². The molecule has 0 saturated carbocycles. The molecule has 2 saturated heterocycles. The number of benzene rings is 3. The maximum Gasteiger partial charge on any atom is 0.335 e. The minimum atomic E-state index is -1.28. The van der Waals surface area contributed by atoms with Crippen LogP contribution in [-0.2, 0) is 23.6 Å². The monoisotopic (exact) mass is 605 g/mol. The van der Waals surface area contributed by atoms with Gasteiger partial charge in [0.15, 0.2) is 11.5 Å². The van der Waals surface area contributed by atoms with Gasteiger partial charge in [-0.25, -0.2) is 14.2 Å². The predicted molar refractivity (Wildman–Crippen MR) is 159 cm³/mol. The van der Waals surface area contributed by atoms with Crippen molar-refractivity contribution in [1.29, 1.82) is 0 Å². The summed E-state index contributed by atoms with van der Waals surface area (Å²) in [6, 6.07) is 15.5. The first-order chi connectivity index (χ1) is 20.8. The molecule has 7 rings (SSSR count). The van der Waals surface area contributed by atoms with E-state index in [4.69, 9.17) is 30.8 Å². The molecule has 4 heterocycles. The van der Waals surface area contributed by atoms with E-state index < -0.39 is 17.6 Å². The van der Waals surface area contributed by atoms with E-state index >= 15 is 0 Å². The number of ether oxygens (including phenoxy) is 3. The highest BCUT2D eigenvalue weighted by atomic mass is 35.5.